The minimum Gasteiger partial charge on any atom is -0.506 e. The molecule has 126 valence electrons. The zero-order chi connectivity index (χ0) is 17.1. The molecule has 5 nitrogen and oxygen atoms in total. The maximum absolute atomic E-state index is 12.4. The van der Waals surface area contributed by atoms with Gasteiger partial charge in [0, 0.05) is 24.0 Å². The fourth-order valence-electron chi connectivity index (χ4n) is 2.74. The molecule has 1 aromatic heterocycles. The van der Waals surface area contributed by atoms with Crippen LogP contribution in [0.25, 0.3) is 0 Å². The van der Waals surface area contributed by atoms with Gasteiger partial charge in [-0.05, 0) is 42.5 Å². The molecule has 0 spiro atoms. The third-order valence-electron chi connectivity index (χ3n) is 4.10. The van der Waals surface area contributed by atoms with Gasteiger partial charge in [-0.1, -0.05) is 17.7 Å². The van der Waals surface area contributed by atoms with Crippen molar-refractivity contribution >= 4 is 40.4 Å². The Kier molecular flexibility index (Phi) is 5.06. The van der Waals surface area contributed by atoms with Crippen LogP contribution in [0.4, 0.5) is 5.69 Å². The minimum absolute atomic E-state index is 0.0157. The molecule has 2 heterocycles. The van der Waals surface area contributed by atoms with E-state index in [-0.39, 0.29) is 23.5 Å². The quantitative estimate of drug-likeness (QED) is 0.817. The molecule has 0 bridgehead atoms. The summed E-state index contributed by atoms with van der Waals surface area (Å²) in [7, 11) is 0. The lowest BCUT2D eigenvalue weighted by molar-refractivity contribution is -0.121. The number of piperidine rings is 1. The number of halogens is 1. The van der Waals surface area contributed by atoms with E-state index in [0.29, 0.717) is 36.6 Å². The SMILES string of the molecule is O=C(Nc1cc(Cl)ccc1O)C1CCN(C(=O)c2cccs2)CC1. The average Bonchev–Trinajstić information content (AvgIpc) is 3.12. The molecule has 0 saturated carbocycles. The van der Waals surface area contributed by atoms with Gasteiger partial charge >= 0.3 is 0 Å². The van der Waals surface area contributed by atoms with Gasteiger partial charge < -0.3 is 15.3 Å². The van der Waals surface area contributed by atoms with E-state index in [2.05, 4.69) is 5.32 Å². The number of nitrogens with zero attached hydrogens (tertiary/aromatic N) is 1. The Balaban J connectivity index is 1.57. The predicted molar refractivity (Wildman–Crippen MR) is 94.7 cm³/mol. The second kappa shape index (κ2) is 7.23. The summed E-state index contributed by atoms with van der Waals surface area (Å²) in [6.45, 7) is 1.10. The van der Waals surface area contributed by atoms with Crippen molar-refractivity contribution in [3.8, 4) is 5.75 Å². The van der Waals surface area contributed by atoms with Crippen molar-refractivity contribution in [2.24, 2.45) is 5.92 Å². The van der Waals surface area contributed by atoms with Crippen LogP contribution in [0.15, 0.2) is 35.7 Å². The molecule has 1 fully saturated rings. The summed E-state index contributed by atoms with van der Waals surface area (Å²) in [5, 5.41) is 14.8. The van der Waals surface area contributed by atoms with Crippen molar-refractivity contribution in [1.29, 1.82) is 0 Å². The number of carbonyl (C=O) groups is 2. The zero-order valence-electron chi connectivity index (χ0n) is 12.9. The highest BCUT2D eigenvalue weighted by Crippen LogP contribution is 2.28. The van der Waals surface area contributed by atoms with E-state index in [9.17, 15) is 14.7 Å². The fourth-order valence-corrected chi connectivity index (χ4v) is 3.61. The van der Waals surface area contributed by atoms with Crippen molar-refractivity contribution < 1.29 is 14.7 Å². The number of hydrogen-bond donors (Lipinski definition) is 2. The lowest BCUT2D eigenvalue weighted by Gasteiger charge is -2.31. The number of thiophene rings is 1. The Morgan fingerprint density at radius 3 is 2.67 bits per heavy atom. The summed E-state index contributed by atoms with van der Waals surface area (Å²) in [5.74, 6) is -0.332. The zero-order valence-corrected chi connectivity index (χ0v) is 14.4. The Bertz CT molecular complexity index is 740. The van der Waals surface area contributed by atoms with Gasteiger partial charge in [0.2, 0.25) is 5.91 Å². The molecule has 2 N–H and O–H groups in total. The van der Waals surface area contributed by atoms with Crippen molar-refractivity contribution in [2.45, 2.75) is 12.8 Å². The molecule has 2 aromatic rings. The molecule has 1 aliphatic heterocycles. The Labute approximate surface area is 148 Å². The van der Waals surface area contributed by atoms with Crippen LogP contribution in [-0.4, -0.2) is 34.9 Å². The first-order chi connectivity index (χ1) is 11.5. The van der Waals surface area contributed by atoms with Crippen molar-refractivity contribution in [2.75, 3.05) is 18.4 Å². The Hall–Kier alpha value is -2.05. The smallest absolute Gasteiger partial charge is 0.263 e. The standard InChI is InChI=1S/C17H17ClN2O3S/c18-12-3-4-14(21)13(10-12)19-16(22)11-5-7-20(8-6-11)17(23)15-2-1-9-24-15/h1-4,9-11,21H,5-8H2,(H,19,22). The van der Waals surface area contributed by atoms with E-state index < -0.39 is 0 Å². The minimum atomic E-state index is -0.184. The van der Waals surface area contributed by atoms with Crippen LogP contribution in [-0.2, 0) is 4.79 Å². The van der Waals surface area contributed by atoms with Crippen LogP contribution < -0.4 is 5.32 Å². The number of phenolic OH excluding ortho intramolecular Hbond substituents is 1. The highest BCUT2D eigenvalue weighted by Gasteiger charge is 2.28. The third-order valence-corrected chi connectivity index (χ3v) is 5.19. The van der Waals surface area contributed by atoms with E-state index in [0.717, 1.165) is 4.88 Å². The van der Waals surface area contributed by atoms with E-state index in [1.165, 1.54) is 23.5 Å². The van der Waals surface area contributed by atoms with Gasteiger partial charge in [0.25, 0.3) is 5.91 Å². The predicted octanol–water partition coefficient (Wildman–Crippen LogP) is 3.60. The molecule has 24 heavy (non-hydrogen) atoms. The number of aromatic hydroxyl groups is 1. The first-order valence-electron chi connectivity index (χ1n) is 7.67. The second-order valence-corrected chi connectivity index (χ2v) is 7.08. The lowest BCUT2D eigenvalue weighted by Crippen LogP contribution is -2.41. The van der Waals surface area contributed by atoms with E-state index in [1.807, 2.05) is 17.5 Å². The molecule has 1 aliphatic rings. The van der Waals surface area contributed by atoms with Crippen molar-refractivity contribution in [3.05, 3.63) is 45.6 Å². The number of likely N-dealkylation sites (tertiary alicyclic amines) is 1. The summed E-state index contributed by atoms with van der Waals surface area (Å²) < 4.78 is 0. The summed E-state index contributed by atoms with van der Waals surface area (Å²) in [5.41, 5.74) is 0.310. The van der Waals surface area contributed by atoms with E-state index in [1.54, 1.807) is 11.0 Å². The van der Waals surface area contributed by atoms with Crippen molar-refractivity contribution in [1.82, 2.24) is 4.90 Å². The largest absolute Gasteiger partial charge is 0.506 e. The van der Waals surface area contributed by atoms with Crippen molar-refractivity contribution in [3.63, 3.8) is 0 Å². The van der Waals surface area contributed by atoms with Crippen LogP contribution in [0, 0.1) is 5.92 Å². The monoisotopic (exact) mass is 364 g/mol. The average molecular weight is 365 g/mol. The number of anilines is 1. The number of benzene rings is 1. The highest BCUT2D eigenvalue weighted by molar-refractivity contribution is 7.12. The normalized spacial score (nSPS) is 15.3. The van der Waals surface area contributed by atoms with Crippen LogP contribution in [0.5, 0.6) is 5.75 Å². The summed E-state index contributed by atoms with van der Waals surface area (Å²) in [6.07, 6.45) is 1.20. The van der Waals surface area contributed by atoms with E-state index >= 15 is 0 Å². The van der Waals surface area contributed by atoms with Gasteiger partial charge in [-0.25, -0.2) is 0 Å². The molecule has 1 saturated heterocycles. The highest BCUT2D eigenvalue weighted by atomic mass is 35.5. The molecule has 0 radical (unpaired) electrons. The number of carbonyl (C=O) groups excluding carboxylic acids is 2. The van der Waals surface area contributed by atoms with Gasteiger partial charge in [-0.3, -0.25) is 9.59 Å². The van der Waals surface area contributed by atoms with Gasteiger partial charge in [0.05, 0.1) is 10.6 Å². The molecular weight excluding hydrogens is 348 g/mol. The van der Waals surface area contributed by atoms with Gasteiger partial charge in [0.15, 0.2) is 0 Å². The fraction of sp³-hybridized carbons (Fsp3) is 0.294. The molecule has 7 heteroatoms. The maximum atomic E-state index is 12.4. The molecule has 1 aromatic carbocycles. The number of nitrogens with one attached hydrogen (secondary N) is 1. The number of rotatable bonds is 3. The topological polar surface area (TPSA) is 69.6 Å². The summed E-state index contributed by atoms with van der Waals surface area (Å²) in [6, 6.07) is 8.19. The Morgan fingerprint density at radius 1 is 1.25 bits per heavy atom. The summed E-state index contributed by atoms with van der Waals surface area (Å²) in [4.78, 5) is 27.2. The second-order valence-electron chi connectivity index (χ2n) is 5.69. The lowest BCUT2D eigenvalue weighted by atomic mass is 9.95. The van der Waals surface area contributed by atoms with Gasteiger partial charge in [0.1, 0.15) is 5.75 Å². The molecule has 3 rings (SSSR count). The Morgan fingerprint density at radius 2 is 2.00 bits per heavy atom. The van der Waals surface area contributed by atoms with Crippen LogP contribution in [0.2, 0.25) is 5.02 Å². The molecule has 0 unspecified atom stereocenters. The molecule has 0 atom stereocenters. The maximum Gasteiger partial charge on any atom is 0.263 e. The van der Waals surface area contributed by atoms with Crippen LogP contribution in [0.1, 0.15) is 22.5 Å². The number of amides is 2. The van der Waals surface area contributed by atoms with Gasteiger partial charge in [-0.15, -0.1) is 11.3 Å². The first kappa shape index (κ1) is 16.8. The molecule has 0 aliphatic carbocycles. The number of phenols is 1. The van der Waals surface area contributed by atoms with E-state index in [4.69, 9.17) is 11.6 Å². The number of hydrogen-bond acceptors (Lipinski definition) is 4. The summed E-state index contributed by atoms with van der Waals surface area (Å²) >= 11 is 7.31. The van der Waals surface area contributed by atoms with Crippen LogP contribution >= 0.6 is 22.9 Å². The first-order valence-corrected chi connectivity index (χ1v) is 8.92. The third kappa shape index (κ3) is 3.71. The molecule has 2 amide bonds. The molecular formula is C17H17ClN2O3S. The van der Waals surface area contributed by atoms with Crippen LogP contribution in [0.3, 0.4) is 0 Å². The van der Waals surface area contributed by atoms with Gasteiger partial charge in [-0.2, -0.15) is 0 Å².